The summed E-state index contributed by atoms with van der Waals surface area (Å²) in [7, 11) is -3.69. The Morgan fingerprint density at radius 3 is 2.20 bits per heavy atom. The van der Waals surface area contributed by atoms with Crippen LogP contribution >= 0.6 is 0 Å². The second-order valence-electron chi connectivity index (χ2n) is 7.38. The van der Waals surface area contributed by atoms with E-state index in [4.69, 9.17) is 0 Å². The maximum absolute atomic E-state index is 12.5. The van der Waals surface area contributed by atoms with Crippen molar-refractivity contribution in [1.29, 1.82) is 0 Å². The summed E-state index contributed by atoms with van der Waals surface area (Å²) in [6.45, 7) is 9.24. The fourth-order valence-electron chi connectivity index (χ4n) is 3.44. The molecule has 1 amide bonds. The van der Waals surface area contributed by atoms with Crippen molar-refractivity contribution in [2.45, 2.75) is 18.2 Å². The van der Waals surface area contributed by atoms with Crippen molar-refractivity contribution in [3.05, 3.63) is 60.2 Å². The van der Waals surface area contributed by atoms with Crippen LogP contribution in [0.5, 0.6) is 0 Å². The van der Waals surface area contributed by atoms with E-state index in [1.807, 2.05) is 6.07 Å². The molecule has 2 aromatic carbocycles. The number of sulfonamides is 1. The van der Waals surface area contributed by atoms with Crippen LogP contribution in [0.3, 0.4) is 0 Å². The smallest absolute Gasteiger partial charge is 0.261 e. The van der Waals surface area contributed by atoms with Crippen LogP contribution in [0.25, 0.3) is 0 Å². The maximum Gasteiger partial charge on any atom is 0.261 e. The van der Waals surface area contributed by atoms with Crippen molar-refractivity contribution >= 4 is 21.6 Å². The maximum atomic E-state index is 12.5. The first kappa shape index (κ1) is 22.3. The van der Waals surface area contributed by atoms with Crippen LogP contribution in [0.15, 0.2) is 59.5 Å². The molecular weight excluding hydrogens is 400 g/mol. The first-order valence-corrected chi connectivity index (χ1v) is 11.9. The fraction of sp³-hybridized carbons (Fsp3) is 0.409. The van der Waals surface area contributed by atoms with Gasteiger partial charge in [-0.1, -0.05) is 25.1 Å². The first-order chi connectivity index (χ1) is 14.5. The Hall–Kier alpha value is -2.42. The van der Waals surface area contributed by atoms with Gasteiger partial charge in [-0.25, -0.2) is 8.42 Å². The summed E-state index contributed by atoms with van der Waals surface area (Å²) in [4.78, 5) is 17.3. The van der Waals surface area contributed by atoms with E-state index in [2.05, 4.69) is 26.8 Å². The van der Waals surface area contributed by atoms with E-state index in [-0.39, 0.29) is 10.8 Å². The molecule has 2 aromatic rings. The standard InChI is InChI=1S/C22H30N4O3S/c1-2-25-15-17-26(18-16-25)14-6-13-23-22(27)19-9-11-21(12-10-19)30(28,29)24-20-7-4-3-5-8-20/h3-5,7-12,24H,2,6,13-18H2,1H3,(H,23,27). The number of carbonyl (C=O) groups is 1. The highest BCUT2D eigenvalue weighted by atomic mass is 32.2. The molecule has 8 heteroatoms. The molecule has 1 saturated heterocycles. The van der Waals surface area contributed by atoms with Crippen LogP contribution in [-0.2, 0) is 10.0 Å². The molecule has 0 bridgehead atoms. The van der Waals surface area contributed by atoms with Gasteiger partial charge in [-0.3, -0.25) is 9.52 Å². The number of hydrogen-bond donors (Lipinski definition) is 2. The number of amides is 1. The highest BCUT2D eigenvalue weighted by molar-refractivity contribution is 7.92. The second kappa shape index (κ2) is 10.6. The van der Waals surface area contributed by atoms with Crippen molar-refractivity contribution in [2.24, 2.45) is 0 Å². The van der Waals surface area contributed by atoms with Gasteiger partial charge < -0.3 is 15.1 Å². The molecule has 1 aliphatic rings. The Kier molecular flexibility index (Phi) is 7.84. The largest absolute Gasteiger partial charge is 0.352 e. The number of para-hydroxylation sites is 1. The number of piperazine rings is 1. The summed E-state index contributed by atoms with van der Waals surface area (Å²) < 4.78 is 27.5. The summed E-state index contributed by atoms with van der Waals surface area (Å²) in [6, 6.07) is 14.7. The lowest BCUT2D eigenvalue weighted by Gasteiger charge is -2.33. The van der Waals surface area contributed by atoms with Gasteiger partial charge in [-0.2, -0.15) is 0 Å². The van der Waals surface area contributed by atoms with Gasteiger partial charge in [0.15, 0.2) is 0 Å². The third-order valence-electron chi connectivity index (χ3n) is 5.30. The minimum absolute atomic E-state index is 0.120. The zero-order valence-corrected chi connectivity index (χ0v) is 18.2. The fourth-order valence-corrected chi connectivity index (χ4v) is 4.50. The van der Waals surface area contributed by atoms with Crippen molar-refractivity contribution in [3.63, 3.8) is 0 Å². The number of nitrogens with one attached hydrogen (secondary N) is 2. The van der Waals surface area contributed by atoms with Gasteiger partial charge in [-0.15, -0.1) is 0 Å². The van der Waals surface area contributed by atoms with E-state index in [0.29, 0.717) is 17.8 Å². The van der Waals surface area contributed by atoms with Gasteiger partial charge in [0.1, 0.15) is 0 Å². The quantitative estimate of drug-likeness (QED) is 0.597. The van der Waals surface area contributed by atoms with Crippen molar-refractivity contribution in [2.75, 3.05) is 50.5 Å². The van der Waals surface area contributed by atoms with E-state index < -0.39 is 10.0 Å². The minimum atomic E-state index is -3.69. The Balaban J connectivity index is 1.44. The topological polar surface area (TPSA) is 81.8 Å². The van der Waals surface area contributed by atoms with Gasteiger partial charge in [0.2, 0.25) is 0 Å². The van der Waals surface area contributed by atoms with Crippen LogP contribution < -0.4 is 10.0 Å². The summed E-state index contributed by atoms with van der Waals surface area (Å²) >= 11 is 0. The number of anilines is 1. The van der Waals surface area contributed by atoms with Crippen LogP contribution in [0.1, 0.15) is 23.7 Å². The Bertz CT molecular complexity index is 909. The third kappa shape index (κ3) is 6.29. The van der Waals surface area contributed by atoms with E-state index in [0.717, 1.165) is 45.7 Å². The van der Waals surface area contributed by atoms with Crippen LogP contribution in [-0.4, -0.2) is 69.9 Å². The van der Waals surface area contributed by atoms with Gasteiger partial charge in [0.25, 0.3) is 15.9 Å². The molecule has 0 saturated carbocycles. The van der Waals surface area contributed by atoms with Crippen molar-refractivity contribution < 1.29 is 13.2 Å². The molecule has 3 rings (SSSR count). The number of hydrogen-bond acceptors (Lipinski definition) is 5. The molecule has 0 spiro atoms. The molecule has 0 aliphatic carbocycles. The van der Waals surface area contributed by atoms with Gasteiger partial charge in [0, 0.05) is 44.0 Å². The lowest BCUT2D eigenvalue weighted by molar-refractivity contribution is 0.0948. The van der Waals surface area contributed by atoms with Crippen LogP contribution in [0.4, 0.5) is 5.69 Å². The molecule has 30 heavy (non-hydrogen) atoms. The molecule has 0 radical (unpaired) electrons. The summed E-state index contributed by atoms with van der Waals surface area (Å²) in [5, 5.41) is 2.92. The predicted molar refractivity (Wildman–Crippen MR) is 119 cm³/mol. The molecule has 1 fully saturated rings. The SMILES string of the molecule is CCN1CCN(CCCNC(=O)c2ccc(S(=O)(=O)Nc3ccccc3)cc2)CC1. The Morgan fingerprint density at radius 2 is 1.57 bits per heavy atom. The average molecular weight is 431 g/mol. The Labute approximate surface area is 179 Å². The zero-order valence-electron chi connectivity index (χ0n) is 17.4. The number of benzene rings is 2. The monoisotopic (exact) mass is 430 g/mol. The molecule has 1 heterocycles. The van der Waals surface area contributed by atoms with E-state index in [9.17, 15) is 13.2 Å². The Morgan fingerprint density at radius 1 is 0.933 bits per heavy atom. The molecule has 162 valence electrons. The molecular formula is C22H30N4O3S. The molecule has 0 aromatic heterocycles. The minimum Gasteiger partial charge on any atom is -0.352 e. The molecule has 1 aliphatic heterocycles. The molecule has 7 nitrogen and oxygen atoms in total. The number of carbonyl (C=O) groups excluding carboxylic acids is 1. The van der Waals surface area contributed by atoms with Crippen LogP contribution in [0.2, 0.25) is 0 Å². The number of nitrogens with zero attached hydrogens (tertiary/aromatic N) is 2. The zero-order chi connectivity index (χ0) is 21.4. The first-order valence-electron chi connectivity index (χ1n) is 10.4. The van der Waals surface area contributed by atoms with Crippen molar-refractivity contribution in [1.82, 2.24) is 15.1 Å². The van der Waals surface area contributed by atoms with Crippen molar-refractivity contribution in [3.8, 4) is 0 Å². The van der Waals surface area contributed by atoms with E-state index in [1.165, 1.54) is 12.1 Å². The molecule has 0 unspecified atom stereocenters. The van der Waals surface area contributed by atoms with E-state index in [1.54, 1.807) is 36.4 Å². The van der Waals surface area contributed by atoms with Gasteiger partial charge >= 0.3 is 0 Å². The average Bonchev–Trinajstić information content (AvgIpc) is 2.77. The lowest BCUT2D eigenvalue weighted by Crippen LogP contribution is -2.46. The number of likely N-dealkylation sites (N-methyl/N-ethyl adjacent to an activating group) is 1. The summed E-state index contributed by atoms with van der Waals surface area (Å²) in [6.07, 6.45) is 0.894. The van der Waals surface area contributed by atoms with Gasteiger partial charge in [0.05, 0.1) is 4.90 Å². The second-order valence-corrected chi connectivity index (χ2v) is 9.06. The summed E-state index contributed by atoms with van der Waals surface area (Å²) in [5.41, 5.74) is 0.945. The van der Waals surface area contributed by atoms with E-state index >= 15 is 0 Å². The third-order valence-corrected chi connectivity index (χ3v) is 6.70. The molecule has 2 N–H and O–H groups in total. The lowest BCUT2D eigenvalue weighted by atomic mass is 10.2. The summed E-state index contributed by atoms with van der Waals surface area (Å²) in [5.74, 6) is -0.189. The highest BCUT2D eigenvalue weighted by Gasteiger charge is 2.16. The number of rotatable bonds is 9. The molecule has 0 atom stereocenters. The van der Waals surface area contributed by atoms with Gasteiger partial charge in [-0.05, 0) is 55.9 Å². The van der Waals surface area contributed by atoms with Crippen LogP contribution in [0, 0.1) is 0 Å². The normalized spacial score (nSPS) is 15.6. The highest BCUT2D eigenvalue weighted by Crippen LogP contribution is 2.16. The predicted octanol–water partition coefficient (Wildman–Crippen LogP) is 2.24.